The average molecular weight is 295 g/mol. The quantitative estimate of drug-likeness (QED) is 0.878. The molecule has 0 spiro atoms. The van der Waals surface area contributed by atoms with Crippen LogP contribution in [0.5, 0.6) is 0 Å². The van der Waals surface area contributed by atoms with E-state index in [1.165, 1.54) is 4.68 Å². The molecule has 20 heavy (non-hydrogen) atoms. The van der Waals surface area contributed by atoms with Crippen LogP contribution in [0.25, 0.3) is 0 Å². The fourth-order valence-electron chi connectivity index (χ4n) is 1.71. The van der Waals surface area contributed by atoms with E-state index in [0.717, 1.165) is 10.7 Å². The molecule has 0 aliphatic heterocycles. The fourth-order valence-corrected chi connectivity index (χ4v) is 2.60. The van der Waals surface area contributed by atoms with Crippen LogP contribution >= 0.6 is 11.3 Å². The van der Waals surface area contributed by atoms with E-state index >= 15 is 0 Å². The molecule has 0 saturated carbocycles. The van der Waals surface area contributed by atoms with Crippen molar-refractivity contribution in [3.63, 3.8) is 0 Å². The monoisotopic (exact) mass is 295 g/mol. The smallest absolute Gasteiger partial charge is 0.358 e. The predicted octanol–water partition coefficient (Wildman–Crippen LogP) is 1.24. The van der Waals surface area contributed by atoms with Crippen LogP contribution in [0, 0.1) is 0 Å². The molecule has 0 fully saturated rings. The van der Waals surface area contributed by atoms with Crippen molar-refractivity contribution < 1.29 is 9.90 Å². The normalized spacial score (nSPS) is 11.8. The molecule has 0 radical (unpaired) electrons. The van der Waals surface area contributed by atoms with E-state index in [-0.39, 0.29) is 17.7 Å². The van der Waals surface area contributed by atoms with Gasteiger partial charge in [-0.2, -0.15) is 0 Å². The number of hydrogen-bond donors (Lipinski definition) is 2. The van der Waals surface area contributed by atoms with Crippen LogP contribution in [0.3, 0.4) is 0 Å². The molecule has 2 heterocycles. The zero-order valence-electron chi connectivity index (χ0n) is 11.6. The Morgan fingerprint density at radius 1 is 1.50 bits per heavy atom. The maximum Gasteiger partial charge on any atom is 0.358 e. The summed E-state index contributed by atoms with van der Waals surface area (Å²) in [5.74, 6) is -1.12. The second-order valence-corrected chi connectivity index (χ2v) is 6.30. The summed E-state index contributed by atoms with van der Waals surface area (Å²) in [6, 6.07) is 0. The van der Waals surface area contributed by atoms with Crippen molar-refractivity contribution in [1.82, 2.24) is 20.0 Å². The second kappa shape index (κ2) is 5.29. The van der Waals surface area contributed by atoms with Gasteiger partial charge < -0.3 is 10.8 Å². The SMILES string of the molecule is CC(C)(C)c1nc(Cn2nnc(C(=O)O)c2CN)cs1. The Kier molecular flexibility index (Phi) is 3.87. The zero-order chi connectivity index (χ0) is 14.9. The van der Waals surface area contributed by atoms with Gasteiger partial charge in [-0.25, -0.2) is 14.5 Å². The Labute approximate surface area is 120 Å². The molecule has 3 N–H and O–H groups in total. The lowest BCUT2D eigenvalue weighted by molar-refractivity contribution is 0.0689. The second-order valence-electron chi connectivity index (χ2n) is 5.45. The van der Waals surface area contributed by atoms with Crippen molar-refractivity contribution in [2.24, 2.45) is 5.73 Å². The van der Waals surface area contributed by atoms with Crippen LogP contribution in [-0.4, -0.2) is 31.1 Å². The van der Waals surface area contributed by atoms with Gasteiger partial charge in [-0.05, 0) is 0 Å². The Balaban J connectivity index is 2.26. The number of carboxylic acid groups (broad SMARTS) is 1. The first-order valence-corrected chi connectivity index (χ1v) is 7.01. The number of aromatic carboxylic acids is 1. The van der Waals surface area contributed by atoms with Crippen LogP contribution in [-0.2, 0) is 18.5 Å². The van der Waals surface area contributed by atoms with Gasteiger partial charge in [0.25, 0.3) is 0 Å². The van der Waals surface area contributed by atoms with E-state index in [2.05, 4.69) is 36.1 Å². The summed E-state index contributed by atoms with van der Waals surface area (Å²) in [5.41, 5.74) is 6.71. The molecule has 0 bridgehead atoms. The van der Waals surface area contributed by atoms with E-state index in [1.807, 2.05) is 5.38 Å². The lowest BCUT2D eigenvalue weighted by atomic mass is 9.98. The Hall–Kier alpha value is -1.80. The summed E-state index contributed by atoms with van der Waals surface area (Å²) in [5, 5.41) is 19.5. The minimum atomic E-state index is -1.12. The number of nitrogens with zero attached hydrogens (tertiary/aromatic N) is 4. The number of aromatic nitrogens is 4. The molecule has 0 aliphatic carbocycles. The molecule has 0 atom stereocenters. The molecule has 2 rings (SSSR count). The molecular formula is C12H17N5O2S. The maximum absolute atomic E-state index is 11.0. The van der Waals surface area contributed by atoms with Gasteiger partial charge in [0, 0.05) is 17.3 Å². The zero-order valence-corrected chi connectivity index (χ0v) is 12.4. The molecule has 0 aliphatic rings. The predicted molar refractivity (Wildman–Crippen MR) is 74.8 cm³/mol. The third-order valence-electron chi connectivity index (χ3n) is 2.74. The first-order valence-electron chi connectivity index (χ1n) is 6.13. The minimum absolute atomic E-state index is 0.00575. The number of thiazole rings is 1. The van der Waals surface area contributed by atoms with Crippen molar-refractivity contribution in [3.8, 4) is 0 Å². The highest BCUT2D eigenvalue weighted by Crippen LogP contribution is 2.25. The number of carbonyl (C=O) groups is 1. The molecule has 0 saturated heterocycles. The van der Waals surface area contributed by atoms with Gasteiger partial charge in [0.2, 0.25) is 0 Å². The van der Waals surface area contributed by atoms with Crippen molar-refractivity contribution >= 4 is 17.3 Å². The minimum Gasteiger partial charge on any atom is -0.476 e. The lowest BCUT2D eigenvalue weighted by Crippen LogP contribution is -2.14. The van der Waals surface area contributed by atoms with Gasteiger partial charge in [0.05, 0.1) is 22.9 Å². The standard InChI is InChI=1S/C12H17N5O2S/c1-12(2,3)11-14-7(6-20-11)5-17-8(4-13)9(10(18)19)15-16-17/h6H,4-5,13H2,1-3H3,(H,18,19). The third kappa shape index (κ3) is 2.86. The molecule has 0 unspecified atom stereocenters. The summed E-state index contributed by atoms with van der Waals surface area (Å²) in [6.07, 6.45) is 0. The summed E-state index contributed by atoms with van der Waals surface area (Å²) < 4.78 is 1.49. The van der Waals surface area contributed by atoms with E-state index in [9.17, 15) is 4.79 Å². The van der Waals surface area contributed by atoms with E-state index < -0.39 is 5.97 Å². The van der Waals surface area contributed by atoms with Crippen LogP contribution in [0.1, 0.15) is 47.7 Å². The molecular weight excluding hydrogens is 278 g/mol. The van der Waals surface area contributed by atoms with Gasteiger partial charge in [-0.1, -0.05) is 26.0 Å². The fraction of sp³-hybridized carbons (Fsp3) is 0.500. The topological polar surface area (TPSA) is 107 Å². The van der Waals surface area contributed by atoms with Gasteiger partial charge in [-0.15, -0.1) is 16.4 Å². The van der Waals surface area contributed by atoms with Crippen molar-refractivity contribution in [2.75, 3.05) is 0 Å². The van der Waals surface area contributed by atoms with Crippen LogP contribution < -0.4 is 5.73 Å². The highest BCUT2D eigenvalue weighted by molar-refractivity contribution is 7.09. The van der Waals surface area contributed by atoms with Crippen molar-refractivity contribution in [2.45, 2.75) is 39.3 Å². The molecule has 0 aromatic carbocycles. The Morgan fingerprint density at radius 2 is 2.20 bits per heavy atom. The number of hydrogen-bond acceptors (Lipinski definition) is 6. The molecule has 108 valence electrons. The van der Waals surface area contributed by atoms with Crippen LogP contribution in [0.2, 0.25) is 0 Å². The highest BCUT2D eigenvalue weighted by Gasteiger charge is 2.20. The van der Waals surface area contributed by atoms with E-state index in [1.54, 1.807) is 11.3 Å². The summed E-state index contributed by atoms with van der Waals surface area (Å²) in [6.45, 7) is 6.74. The van der Waals surface area contributed by atoms with E-state index in [0.29, 0.717) is 12.2 Å². The number of rotatable bonds is 4. The molecule has 0 amide bonds. The molecule has 8 heteroatoms. The maximum atomic E-state index is 11.0. The molecule has 2 aromatic heterocycles. The highest BCUT2D eigenvalue weighted by atomic mass is 32.1. The summed E-state index contributed by atoms with van der Waals surface area (Å²) in [4.78, 5) is 15.5. The molecule has 7 nitrogen and oxygen atoms in total. The van der Waals surface area contributed by atoms with Gasteiger partial charge in [0.15, 0.2) is 5.69 Å². The van der Waals surface area contributed by atoms with Gasteiger partial charge >= 0.3 is 5.97 Å². The Bertz CT molecular complexity index is 626. The largest absolute Gasteiger partial charge is 0.476 e. The van der Waals surface area contributed by atoms with Gasteiger partial charge in [-0.3, -0.25) is 0 Å². The number of carboxylic acids is 1. The first kappa shape index (κ1) is 14.6. The number of nitrogens with two attached hydrogens (primary N) is 1. The average Bonchev–Trinajstić information content (AvgIpc) is 2.95. The van der Waals surface area contributed by atoms with Crippen LogP contribution in [0.4, 0.5) is 0 Å². The van der Waals surface area contributed by atoms with Crippen LogP contribution in [0.15, 0.2) is 5.38 Å². The molecule has 2 aromatic rings. The first-order chi connectivity index (χ1) is 9.32. The van der Waals surface area contributed by atoms with Crippen molar-refractivity contribution in [3.05, 3.63) is 27.5 Å². The Morgan fingerprint density at radius 3 is 2.70 bits per heavy atom. The van der Waals surface area contributed by atoms with Crippen molar-refractivity contribution in [1.29, 1.82) is 0 Å². The summed E-state index contributed by atoms with van der Waals surface area (Å²) >= 11 is 1.58. The summed E-state index contributed by atoms with van der Waals surface area (Å²) in [7, 11) is 0. The third-order valence-corrected chi connectivity index (χ3v) is 4.06. The van der Waals surface area contributed by atoms with E-state index in [4.69, 9.17) is 10.8 Å². The lowest BCUT2D eigenvalue weighted by Gasteiger charge is -2.13. The van der Waals surface area contributed by atoms with Gasteiger partial charge in [0.1, 0.15) is 0 Å².